The van der Waals surface area contributed by atoms with Crippen LogP contribution in [0.25, 0.3) is 0 Å². The molecular weight excluding hydrogens is 160 g/mol. The van der Waals surface area contributed by atoms with Crippen molar-refractivity contribution in [1.29, 1.82) is 0 Å². The third-order valence-electron chi connectivity index (χ3n) is 1.66. The van der Waals surface area contributed by atoms with Crippen LogP contribution in [-0.4, -0.2) is 40.7 Å². The average Bonchev–Trinajstić information content (AvgIpc) is 2.03. The van der Waals surface area contributed by atoms with Gasteiger partial charge in [0.2, 0.25) is 0 Å². The van der Waals surface area contributed by atoms with Crippen molar-refractivity contribution in [3.05, 3.63) is 11.8 Å². The van der Waals surface area contributed by atoms with E-state index in [2.05, 4.69) is 0 Å². The molecule has 0 bridgehead atoms. The van der Waals surface area contributed by atoms with E-state index >= 15 is 0 Å². The summed E-state index contributed by atoms with van der Waals surface area (Å²) in [6.07, 6.45) is -1.42. The molecule has 0 heterocycles. The molecule has 0 saturated carbocycles. The highest BCUT2D eigenvalue weighted by Gasteiger charge is 2.26. The van der Waals surface area contributed by atoms with E-state index < -0.39 is 18.3 Å². The number of hydrogen-bond donors (Lipinski definition) is 3. The third-order valence-corrected chi connectivity index (χ3v) is 1.66. The highest BCUT2D eigenvalue weighted by Crippen LogP contribution is 2.10. The Balaban J connectivity index is 4.31. The minimum atomic E-state index is -1.17. The highest BCUT2D eigenvalue weighted by molar-refractivity contribution is 5.00. The fourth-order valence-electron chi connectivity index (χ4n) is 0.929. The average molecular weight is 176 g/mol. The SMILES string of the molecule is C/C=C(/O)C(O)C(OC)C(C)O. The van der Waals surface area contributed by atoms with Crippen molar-refractivity contribution in [1.82, 2.24) is 0 Å². The molecule has 3 atom stereocenters. The predicted molar refractivity (Wildman–Crippen MR) is 44.9 cm³/mol. The summed E-state index contributed by atoms with van der Waals surface area (Å²) >= 11 is 0. The summed E-state index contributed by atoms with van der Waals surface area (Å²) in [5.74, 6) is -0.192. The van der Waals surface area contributed by atoms with E-state index in [1.54, 1.807) is 6.92 Å². The molecule has 0 aliphatic carbocycles. The fourth-order valence-corrected chi connectivity index (χ4v) is 0.929. The van der Waals surface area contributed by atoms with E-state index in [-0.39, 0.29) is 5.76 Å². The van der Waals surface area contributed by atoms with Gasteiger partial charge < -0.3 is 20.1 Å². The van der Waals surface area contributed by atoms with Crippen LogP contribution < -0.4 is 0 Å². The maximum absolute atomic E-state index is 9.34. The largest absolute Gasteiger partial charge is 0.510 e. The molecule has 0 fully saturated rings. The van der Waals surface area contributed by atoms with Gasteiger partial charge in [-0.3, -0.25) is 0 Å². The molecule has 0 amide bonds. The molecule has 3 unspecified atom stereocenters. The van der Waals surface area contributed by atoms with E-state index in [1.165, 1.54) is 20.1 Å². The minimum absolute atomic E-state index is 0.192. The van der Waals surface area contributed by atoms with Crippen LogP contribution in [0.2, 0.25) is 0 Å². The van der Waals surface area contributed by atoms with Crippen LogP contribution in [-0.2, 0) is 4.74 Å². The van der Waals surface area contributed by atoms with Crippen molar-refractivity contribution in [2.24, 2.45) is 0 Å². The Morgan fingerprint density at radius 3 is 2.17 bits per heavy atom. The predicted octanol–water partition coefficient (Wildman–Crippen LogP) is 0.205. The van der Waals surface area contributed by atoms with Gasteiger partial charge in [0.15, 0.2) is 0 Å². The molecule has 0 saturated heterocycles. The van der Waals surface area contributed by atoms with Gasteiger partial charge in [-0.1, -0.05) is 0 Å². The van der Waals surface area contributed by atoms with Crippen LogP contribution in [0.1, 0.15) is 13.8 Å². The van der Waals surface area contributed by atoms with Crippen LogP contribution >= 0.6 is 0 Å². The molecule has 0 rings (SSSR count). The summed E-state index contributed by atoms with van der Waals surface area (Å²) in [7, 11) is 1.36. The lowest BCUT2D eigenvalue weighted by Gasteiger charge is -2.23. The zero-order valence-corrected chi connectivity index (χ0v) is 7.56. The molecule has 0 spiro atoms. The van der Waals surface area contributed by atoms with E-state index in [1.807, 2.05) is 0 Å². The molecule has 4 nitrogen and oxygen atoms in total. The van der Waals surface area contributed by atoms with Gasteiger partial charge in [-0.25, -0.2) is 0 Å². The maximum Gasteiger partial charge on any atom is 0.139 e. The summed E-state index contributed by atoms with van der Waals surface area (Å²) in [5, 5.41) is 27.5. The molecule has 0 aromatic heterocycles. The van der Waals surface area contributed by atoms with Crippen LogP contribution in [0.5, 0.6) is 0 Å². The van der Waals surface area contributed by atoms with Gasteiger partial charge in [-0.2, -0.15) is 0 Å². The molecule has 0 aliphatic rings. The molecule has 0 aromatic rings. The lowest BCUT2D eigenvalue weighted by molar-refractivity contribution is -0.0728. The first-order valence-electron chi connectivity index (χ1n) is 3.78. The van der Waals surface area contributed by atoms with Gasteiger partial charge in [0, 0.05) is 7.11 Å². The van der Waals surface area contributed by atoms with Crippen molar-refractivity contribution in [3.8, 4) is 0 Å². The van der Waals surface area contributed by atoms with Gasteiger partial charge >= 0.3 is 0 Å². The maximum atomic E-state index is 9.34. The van der Waals surface area contributed by atoms with Crippen molar-refractivity contribution in [2.45, 2.75) is 32.2 Å². The lowest BCUT2D eigenvalue weighted by Crippen LogP contribution is -2.38. The Hall–Kier alpha value is -0.580. The van der Waals surface area contributed by atoms with Crippen molar-refractivity contribution in [2.75, 3.05) is 7.11 Å². The monoisotopic (exact) mass is 176 g/mol. The Morgan fingerprint density at radius 2 is 1.92 bits per heavy atom. The van der Waals surface area contributed by atoms with Gasteiger partial charge in [0.25, 0.3) is 0 Å². The Kier molecular flexibility index (Phi) is 4.89. The van der Waals surface area contributed by atoms with E-state index in [0.717, 1.165) is 0 Å². The Bertz CT molecular complexity index is 153. The number of aliphatic hydroxyl groups excluding tert-OH is 3. The molecule has 12 heavy (non-hydrogen) atoms. The molecule has 0 radical (unpaired) electrons. The smallest absolute Gasteiger partial charge is 0.139 e. The summed E-state index contributed by atoms with van der Waals surface area (Å²) in [5.41, 5.74) is 0. The second-order valence-electron chi connectivity index (χ2n) is 2.60. The molecule has 3 N–H and O–H groups in total. The quantitative estimate of drug-likeness (QED) is 0.535. The second-order valence-corrected chi connectivity index (χ2v) is 2.60. The van der Waals surface area contributed by atoms with Gasteiger partial charge in [0.1, 0.15) is 18.0 Å². The van der Waals surface area contributed by atoms with Crippen molar-refractivity contribution < 1.29 is 20.1 Å². The number of aliphatic hydroxyl groups is 3. The number of allylic oxidation sites excluding steroid dienone is 1. The standard InChI is InChI=1S/C8H16O4/c1-4-6(10)7(11)8(12-3)5(2)9/h4-5,7-11H,1-3H3/b6-4+. The molecule has 0 aromatic carbocycles. The van der Waals surface area contributed by atoms with Crippen LogP contribution in [0, 0.1) is 0 Å². The van der Waals surface area contributed by atoms with Gasteiger partial charge in [0.05, 0.1) is 6.10 Å². The summed E-state index contributed by atoms with van der Waals surface area (Å²) in [6, 6.07) is 0. The Morgan fingerprint density at radius 1 is 1.42 bits per heavy atom. The van der Waals surface area contributed by atoms with Gasteiger partial charge in [-0.05, 0) is 19.9 Å². The number of ether oxygens (including phenoxy) is 1. The zero-order chi connectivity index (χ0) is 9.72. The first-order valence-corrected chi connectivity index (χ1v) is 3.78. The van der Waals surface area contributed by atoms with Crippen LogP contribution in [0.4, 0.5) is 0 Å². The second kappa shape index (κ2) is 5.13. The van der Waals surface area contributed by atoms with Gasteiger partial charge in [-0.15, -0.1) is 0 Å². The first-order chi connectivity index (χ1) is 5.54. The summed E-state index contributed by atoms with van der Waals surface area (Å²) in [4.78, 5) is 0. The Labute approximate surface area is 72.1 Å². The summed E-state index contributed by atoms with van der Waals surface area (Å²) in [6.45, 7) is 3.08. The molecule has 72 valence electrons. The fraction of sp³-hybridized carbons (Fsp3) is 0.750. The number of rotatable bonds is 4. The summed E-state index contributed by atoms with van der Waals surface area (Å²) < 4.78 is 4.80. The molecule has 4 heteroatoms. The third kappa shape index (κ3) is 2.81. The van der Waals surface area contributed by atoms with Crippen molar-refractivity contribution >= 4 is 0 Å². The van der Waals surface area contributed by atoms with Crippen molar-refractivity contribution in [3.63, 3.8) is 0 Å². The molecular formula is C8H16O4. The topological polar surface area (TPSA) is 69.9 Å². The number of hydrogen-bond acceptors (Lipinski definition) is 4. The van der Waals surface area contributed by atoms with Crippen LogP contribution in [0.3, 0.4) is 0 Å². The normalized spacial score (nSPS) is 20.2. The zero-order valence-electron chi connectivity index (χ0n) is 7.56. The lowest BCUT2D eigenvalue weighted by atomic mass is 10.1. The molecule has 0 aliphatic heterocycles. The van der Waals surface area contributed by atoms with Crippen LogP contribution in [0.15, 0.2) is 11.8 Å². The highest BCUT2D eigenvalue weighted by atomic mass is 16.5. The minimum Gasteiger partial charge on any atom is -0.510 e. The van der Waals surface area contributed by atoms with E-state index in [0.29, 0.717) is 0 Å². The number of methoxy groups -OCH3 is 1. The van der Waals surface area contributed by atoms with E-state index in [4.69, 9.17) is 14.9 Å². The van der Waals surface area contributed by atoms with E-state index in [9.17, 15) is 5.11 Å². The first kappa shape index (κ1) is 11.4.